The topological polar surface area (TPSA) is 56.8 Å². The van der Waals surface area contributed by atoms with Crippen molar-refractivity contribution in [1.29, 1.82) is 0 Å². The van der Waals surface area contributed by atoms with Gasteiger partial charge >= 0.3 is 0 Å². The van der Waals surface area contributed by atoms with Gasteiger partial charge in [-0.05, 0) is 53.1 Å². The second kappa shape index (κ2) is 6.16. The molecule has 2 aromatic carbocycles. The Hall–Kier alpha value is -2.27. The van der Waals surface area contributed by atoms with Gasteiger partial charge in [0.1, 0.15) is 6.54 Å². The van der Waals surface area contributed by atoms with Crippen LogP contribution in [0.25, 0.3) is 11.0 Å². The minimum atomic E-state index is 0.208. The van der Waals surface area contributed by atoms with Crippen LogP contribution in [0.5, 0.6) is 0 Å². The van der Waals surface area contributed by atoms with Gasteiger partial charge in [0.05, 0.1) is 5.21 Å². The molecule has 1 unspecified atom stereocenters. The van der Waals surface area contributed by atoms with Gasteiger partial charge in [-0.25, -0.2) is 0 Å². The number of hydrogen-bond donors (Lipinski definition) is 1. The molecule has 0 saturated heterocycles. The quantitative estimate of drug-likeness (QED) is 0.540. The zero-order valence-corrected chi connectivity index (χ0v) is 16.0. The SMILES string of the molecule is CC(C)(C)C1CCNc2ccc(Cn3n[n+]([O-])c4ccc(Cl)cc43)cc21. The van der Waals surface area contributed by atoms with Gasteiger partial charge in [0.15, 0.2) is 0 Å². The van der Waals surface area contributed by atoms with E-state index in [-0.39, 0.29) is 5.41 Å². The summed E-state index contributed by atoms with van der Waals surface area (Å²) in [5.74, 6) is 0.506. The van der Waals surface area contributed by atoms with Crippen LogP contribution in [-0.2, 0) is 6.54 Å². The van der Waals surface area contributed by atoms with Crippen molar-refractivity contribution in [2.24, 2.45) is 5.41 Å². The van der Waals surface area contributed by atoms with Gasteiger partial charge in [-0.15, -0.1) is 9.53 Å². The van der Waals surface area contributed by atoms with Gasteiger partial charge in [0, 0.05) is 23.3 Å². The summed E-state index contributed by atoms with van der Waals surface area (Å²) in [6.45, 7) is 8.43. The molecule has 0 radical (unpaired) electrons. The Morgan fingerprint density at radius 2 is 2.08 bits per heavy atom. The molecule has 1 aliphatic heterocycles. The molecule has 1 atom stereocenters. The molecular weight excluding hydrogens is 348 g/mol. The van der Waals surface area contributed by atoms with Crippen LogP contribution in [-0.4, -0.2) is 16.4 Å². The first-order valence-electron chi connectivity index (χ1n) is 8.95. The molecule has 2 heterocycles. The molecule has 0 aliphatic carbocycles. The highest BCUT2D eigenvalue weighted by molar-refractivity contribution is 6.31. The highest BCUT2D eigenvalue weighted by Gasteiger charge is 2.30. The van der Waals surface area contributed by atoms with Crippen LogP contribution in [0.15, 0.2) is 36.4 Å². The fraction of sp³-hybridized carbons (Fsp3) is 0.400. The first-order chi connectivity index (χ1) is 12.3. The molecule has 0 fully saturated rings. The number of benzene rings is 2. The molecule has 136 valence electrons. The van der Waals surface area contributed by atoms with E-state index in [0.29, 0.717) is 27.8 Å². The fourth-order valence-corrected chi connectivity index (χ4v) is 4.08. The van der Waals surface area contributed by atoms with E-state index < -0.39 is 0 Å². The number of rotatable bonds is 2. The monoisotopic (exact) mass is 370 g/mol. The average Bonchev–Trinajstić information content (AvgIpc) is 2.88. The van der Waals surface area contributed by atoms with E-state index in [1.165, 1.54) is 11.3 Å². The van der Waals surface area contributed by atoms with Gasteiger partial charge in [-0.1, -0.05) is 38.4 Å². The Morgan fingerprint density at radius 3 is 2.85 bits per heavy atom. The summed E-state index contributed by atoms with van der Waals surface area (Å²) in [5.41, 5.74) is 5.18. The molecular formula is C20H23ClN4O. The zero-order chi connectivity index (χ0) is 18.5. The number of hydrogen-bond acceptors (Lipinski definition) is 3. The molecule has 5 nitrogen and oxygen atoms in total. The molecule has 26 heavy (non-hydrogen) atoms. The maximum Gasteiger partial charge on any atom is 0.202 e. The van der Waals surface area contributed by atoms with E-state index in [9.17, 15) is 5.21 Å². The first-order valence-corrected chi connectivity index (χ1v) is 9.33. The number of anilines is 1. The molecule has 6 heteroatoms. The maximum atomic E-state index is 12.0. The summed E-state index contributed by atoms with van der Waals surface area (Å²) in [4.78, 5) is 0.656. The average molecular weight is 371 g/mol. The van der Waals surface area contributed by atoms with E-state index in [1.54, 1.807) is 22.9 Å². The van der Waals surface area contributed by atoms with E-state index >= 15 is 0 Å². The summed E-state index contributed by atoms with van der Waals surface area (Å²) in [6, 6.07) is 11.7. The Bertz CT molecular complexity index is 974. The molecule has 1 aromatic heterocycles. The maximum absolute atomic E-state index is 12.0. The number of halogens is 1. The van der Waals surface area contributed by atoms with Crippen molar-refractivity contribution in [3.63, 3.8) is 0 Å². The third-order valence-corrected chi connectivity index (χ3v) is 5.46. The van der Waals surface area contributed by atoms with E-state index in [1.807, 2.05) is 0 Å². The van der Waals surface area contributed by atoms with E-state index in [0.717, 1.165) is 24.0 Å². The Morgan fingerprint density at radius 1 is 1.27 bits per heavy atom. The number of fused-ring (bicyclic) bond motifs is 2. The Balaban J connectivity index is 1.73. The van der Waals surface area contributed by atoms with Crippen LogP contribution in [0.3, 0.4) is 0 Å². The predicted molar refractivity (Wildman–Crippen MR) is 105 cm³/mol. The van der Waals surface area contributed by atoms with Crippen molar-refractivity contribution in [2.75, 3.05) is 11.9 Å². The summed E-state index contributed by atoms with van der Waals surface area (Å²) in [5, 5.41) is 20.3. The predicted octanol–water partition coefficient (Wildman–Crippen LogP) is 4.32. The molecule has 0 amide bonds. The minimum Gasteiger partial charge on any atom is -0.691 e. The lowest BCUT2D eigenvalue weighted by Gasteiger charge is -2.36. The number of aromatic nitrogens is 3. The van der Waals surface area contributed by atoms with E-state index in [2.05, 4.69) is 49.5 Å². The second-order valence-corrected chi connectivity index (χ2v) is 8.55. The van der Waals surface area contributed by atoms with Gasteiger partial charge in [-0.3, -0.25) is 0 Å². The van der Waals surface area contributed by atoms with Crippen LogP contribution >= 0.6 is 11.6 Å². The zero-order valence-electron chi connectivity index (χ0n) is 15.3. The minimum absolute atomic E-state index is 0.208. The van der Waals surface area contributed by atoms with Crippen LogP contribution in [0.1, 0.15) is 44.2 Å². The van der Waals surface area contributed by atoms with Crippen molar-refractivity contribution in [3.05, 3.63) is 57.8 Å². The molecule has 0 bridgehead atoms. The molecule has 4 rings (SSSR count). The van der Waals surface area contributed by atoms with Gasteiger partial charge < -0.3 is 10.5 Å². The van der Waals surface area contributed by atoms with Gasteiger partial charge in [0.25, 0.3) is 0 Å². The third-order valence-electron chi connectivity index (χ3n) is 5.23. The number of nitrogens with zero attached hydrogens (tertiary/aromatic N) is 3. The summed E-state index contributed by atoms with van der Waals surface area (Å²) >= 11 is 6.11. The normalized spacial score (nSPS) is 17.2. The lowest BCUT2D eigenvalue weighted by atomic mass is 9.72. The smallest absolute Gasteiger partial charge is 0.202 e. The van der Waals surface area contributed by atoms with Gasteiger partial charge in [0.2, 0.25) is 11.0 Å². The lowest BCUT2D eigenvalue weighted by Crippen LogP contribution is -2.29. The van der Waals surface area contributed by atoms with Crippen LogP contribution in [0.2, 0.25) is 5.02 Å². The second-order valence-electron chi connectivity index (χ2n) is 8.11. The summed E-state index contributed by atoms with van der Waals surface area (Å²) in [7, 11) is 0. The van der Waals surface area contributed by atoms with Crippen molar-refractivity contribution >= 4 is 28.3 Å². The highest BCUT2D eigenvalue weighted by Crippen LogP contribution is 2.43. The van der Waals surface area contributed by atoms with E-state index in [4.69, 9.17) is 11.6 Å². The molecule has 0 saturated carbocycles. The summed E-state index contributed by atoms with van der Waals surface area (Å²) < 4.78 is 1.72. The molecule has 3 aromatic rings. The van der Waals surface area contributed by atoms with Crippen molar-refractivity contribution < 1.29 is 4.85 Å². The van der Waals surface area contributed by atoms with Crippen molar-refractivity contribution in [3.8, 4) is 0 Å². The van der Waals surface area contributed by atoms with Crippen LogP contribution in [0, 0.1) is 10.6 Å². The largest absolute Gasteiger partial charge is 0.691 e. The fourth-order valence-electron chi connectivity index (χ4n) is 3.92. The van der Waals surface area contributed by atoms with Crippen LogP contribution < -0.4 is 10.2 Å². The molecule has 0 spiro atoms. The van der Waals surface area contributed by atoms with Gasteiger partial charge in [-0.2, -0.15) is 0 Å². The van der Waals surface area contributed by atoms with Crippen molar-refractivity contribution in [2.45, 2.75) is 39.7 Å². The van der Waals surface area contributed by atoms with Crippen LogP contribution in [0.4, 0.5) is 5.69 Å². The van der Waals surface area contributed by atoms with Crippen molar-refractivity contribution in [1.82, 2.24) is 9.90 Å². The molecule has 1 N–H and O–H groups in total. The Kier molecular flexibility index (Phi) is 4.07. The Labute approximate surface area is 158 Å². The molecule has 1 aliphatic rings. The number of nitrogens with one attached hydrogen (secondary N) is 1. The third kappa shape index (κ3) is 3.01. The summed E-state index contributed by atoms with van der Waals surface area (Å²) in [6.07, 6.45) is 1.13. The highest BCUT2D eigenvalue weighted by atomic mass is 35.5. The first kappa shape index (κ1) is 17.2. The standard InChI is InChI=1S/C20H23ClN4O/c1-20(2,3)16-8-9-22-17-6-4-13(10-15(16)17)12-24-19-11-14(21)5-7-18(19)25(26)23-24/h4-7,10-11,16,22H,8-9,12H2,1-3H3. The lowest BCUT2D eigenvalue weighted by molar-refractivity contribution is -0.646.